The predicted molar refractivity (Wildman–Crippen MR) is 133 cm³/mol. The van der Waals surface area contributed by atoms with Crippen LogP contribution in [0, 0.1) is 0 Å². The maximum atomic E-state index is 12.5. The Labute approximate surface area is 201 Å². The van der Waals surface area contributed by atoms with Crippen LogP contribution in [0.25, 0.3) is 5.65 Å². The number of ether oxygens (including phenoxy) is 1. The minimum Gasteiger partial charge on any atom is -0.490 e. The van der Waals surface area contributed by atoms with Gasteiger partial charge < -0.3 is 9.14 Å². The number of thioether (sulfide) groups is 1. The van der Waals surface area contributed by atoms with Gasteiger partial charge in [-0.1, -0.05) is 51.5 Å². The molecule has 0 bridgehead atoms. The van der Waals surface area contributed by atoms with E-state index in [-0.39, 0.29) is 23.6 Å². The van der Waals surface area contributed by atoms with Crippen molar-refractivity contribution in [2.24, 2.45) is 0 Å². The van der Waals surface area contributed by atoms with Gasteiger partial charge in [0.25, 0.3) is 11.1 Å². The molecule has 1 aliphatic rings. The molecule has 0 spiro atoms. The van der Waals surface area contributed by atoms with E-state index in [2.05, 4.69) is 11.9 Å². The number of rotatable bonds is 14. The molecule has 2 amide bonds. The number of imide groups is 1. The van der Waals surface area contributed by atoms with Gasteiger partial charge in [-0.2, -0.15) is 0 Å². The van der Waals surface area contributed by atoms with Gasteiger partial charge >= 0.3 is 0 Å². The second-order valence-electron chi connectivity index (χ2n) is 7.89. The molecule has 0 radical (unpaired) electrons. The molecule has 0 aliphatic carbocycles. The Hall–Kier alpha value is -1.99. The number of amides is 2. The molecule has 32 heavy (non-hydrogen) atoms. The summed E-state index contributed by atoms with van der Waals surface area (Å²) in [5.74, 6) is 0.605. The van der Waals surface area contributed by atoms with Crippen molar-refractivity contribution in [2.45, 2.75) is 71.1 Å². The summed E-state index contributed by atoms with van der Waals surface area (Å²) < 4.78 is 7.75. The highest BCUT2D eigenvalue weighted by Gasteiger charge is 2.34. The highest BCUT2D eigenvalue weighted by Crippen LogP contribution is 2.31. The number of carbonyl (C=O) groups excluding carboxylic acids is 2. The molecule has 3 rings (SSSR count). The highest BCUT2D eigenvalue weighted by molar-refractivity contribution is 8.18. The average Bonchev–Trinajstić information content (AvgIpc) is 3.35. The van der Waals surface area contributed by atoms with Crippen molar-refractivity contribution < 1.29 is 14.3 Å². The van der Waals surface area contributed by atoms with Crippen molar-refractivity contribution in [1.29, 1.82) is 0 Å². The zero-order chi connectivity index (χ0) is 21.9. The van der Waals surface area contributed by atoms with Gasteiger partial charge in [-0.3, -0.25) is 14.5 Å². The minimum absolute atomic E-state index is 0. The number of imidazole rings is 1. The van der Waals surface area contributed by atoms with Crippen molar-refractivity contribution in [3.63, 3.8) is 0 Å². The maximum Gasteiger partial charge on any atom is 0.293 e. The molecule has 0 aromatic carbocycles. The third-order valence-electron chi connectivity index (χ3n) is 5.43. The Morgan fingerprint density at radius 1 is 1.03 bits per heavy atom. The zero-order valence-corrected chi connectivity index (χ0v) is 20.5. The van der Waals surface area contributed by atoms with Crippen LogP contribution in [-0.2, 0) is 4.79 Å². The van der Waals surface area contributed by atoms with Crippen LogP contribution in [0.2, 0.25) is 0 Å². The van der Waals surface area contributed by atoms with Crippen LogP contribution in [0.5, 0.6) is 5.75 Å². The summed E-state index contributed by atoms with van der Waals surface area (Å²) in [6, 6.07) is 3.82. The van der Waals surface area contributed by atoms with Crippen molar-refractivity contribution in [2.75, 3.05) is 13.2 Å². The Morgan fingerprint density at radius 3 is 2.62 bits per heavy atom. The van der Waals surface area contributed by atoms with Crippen LogP contribution < -0.4 is 4.74 Å². The first-order valence-electron chi connectivity index (χ1n) is 11.5. The van der Waals surface area contributed by atoms with E-state index in [1.165, 1.54) is 43.4 Å². The monoisotopic (exact) mass is 479 g/mol. The van der Waals surface area contributed by atoms with Crippen molar-refractivity contribution >= 4 is 41.0 Å². The number of unbranched alkanes of at least 4 members (excludes halogenated alkanes) is 8. The van der Waals surface area contributed by atoms with Gasteiger partial charge in [0, 0.05) is 25.1 Å². The summed E-state index contributed by atoms with van der Waals surface area (Å²) in [5.41, 5.74) is 0.791. The lowest BCUT2D eigenvalue weighted by atomic mass is 10.1. The molecule has 0 saturated carbocycles. The Bertz CT molecular complexity index is 899. The highest BCUT2D eigenvalue weighted by atomic mass is 35.5. The molecule has 2 aromatic heterocycles. The molecule has 0 atom stereocenters. The summed E-state index contributed by atoms with van der Waals surface area (Å²) in [5, 5.41) is -0.154. The van der Waals surface area contributed by atoms with Crippen LogP contribution in [0.3, 0.4) is 0 Å². The topological polar surface area (TPSA) is 63.9 Å². The third-order valence-corrected chi connectivity index (χ3v) is 6.38. The number of fused-ring (bicyclic) bond motifs is 1. The van der Waals surface area contributed by atoms with E-state index in [4.69, 9.17) is 4.74 Å². The van der Waals surface area contributed by atoms with E-state index < -0.39 is 0 Å². The van der Waals surface area contributed by atoms with Gasteiger partial charge in [0.2, 0.25) is 0 Å². The van der Waals surface area contributed by atoms with Crippen molar-refractivity contribution in [3.8, 4) is 5.75 Å². The van der Waals surface area contributed by atoms with Gasteiger partial charge in [-0.15, -0.1) is 12.4 Å². The molecule has 176 valence electrons. The lowest BCUT2D eigenvalue weighted by Gasteiger charge is -2.12. The molecule has 6 nitrogen and oxygen atoms in total. The molecule has 1 saturated heterocycles. The standard InChI is InChI=1S/C24H33N3O3S.ClH/c1-2-3-4-5-6-7-8-9-14-21-23(28)27(24(29)31-21)17-10-11-19-30-20-13-12-16-26-18-15-25-22(20)26;/h12-16,18H,2-11,17,19H2,1H3;1H/b21-14+;. The molecule has 8 heteroatoms. The summed E-state index contributed by atoms with van der Waals surface area (Å²) >= 11 is 1.08. The smallest absolute Gasteiger partial charge is 0.293 e. The van der Waals surface area contributed by atoms with Crippen LogP contribution >= 0.6 is 24.2 Å². The van der Waals surface area contributed by atoms with Gasteiger partial charge in [-0.25, -0.2) is 4.98 Å². The van der Waals surface area contributed by atoms with Crippen LogP contribution in [-0.4, -0.2) is 38.6 Å². The van der Waals surface area contributed by atoms with E-state index in [9.17, 15) is 9.59 Å². The molecule has 0 N–H and O–H groups in total. The van der Waals surface area contributed by atoms with E-state index in [0.717, 1.165) is 48.8 Å². The fourth-order valence-corrected chi connectivity index (χ4v) is 4.52. The first kappa shape index (κ1) is 26.3. The van der Waals surface area contributed by atoms with Gasteiger partial charge in [0.1, 0.15) is 0 Å². The molecular weight excluding hydrogens is 446 g/mol. The number of pyridine rings is 1. The summed E-state index contributed by atoms with van der Waals surface area (Å²) in [4.78, 5) is 31.0. The second-order valence-corrected chi connectivity index (χ2v) is 8.88. The van der Waals surface area contributed by atoms with Crippen molar-refractivity contribution in [1.82, 2.24) is 14.3 Å². The number of carbonyl (C=O) groups is 2. The fraction of sp³-hybridized carbons (Fsp3) is 0.542. The first-order chi connectivity index (χ1) is 15.2. The Morgan fingerprint density at radius 2 is 1.81 bits per heavy atom. The quantitative estimate of drug-likeness (QED) is 0.224. The van der Waals surface area contributed by atoms with E-state index in [1.54, 1.807) is 6.20 Å². The third kappa shape index (κ3) is 7.55. The lowest BCUT2D eigenvalue weighted by molar-refractivity contribution is -0.122. The number of hydrogen-bond acceptors (Lipinski definition) is 5. The zero-order valence-electron chi connectivity index (χ0n) is 18.8. The number of allylic oxidation sites excluding steroid dienone is 1. The summed E-state index contributed by atoms with van der Waals surface area (Å²) in [6.07, 6.45) is 18.6. The van der Waals surface area contributed by atoms with E-state index in [0.29, 0.717) is 18.1 Å². The largest absolute Gasteiger partial charge is 0.490 e. The normalized spacial score (nSPS) is 15.0. The first-order valence-corrected chi connectivity index (χ1v) is 12.3. The lowest BCUT2D eigenvalue weighted by Crippen LogP contribution is -2.29. The summed E-state index contributed by atoms with van der Waals surface area (Å²) in [6.45, 7) is 3.19. The predicted octanol–water partition coefficient (Wildman–Crippen LogP) is 6.64. The second kappa shape index (κ2) is 14.2. The number of hydrogen-bond donors (Lipinski definition) is 0. The average molecular weight is 480 g/mol. The van der Waals surface area contributed by atoms with E-state index >= 15 is 0 Å². The number of halogens is 1. The number of aromatic nitrogens is 2. The minimum atomic E-state index is -0.154. The van der Waals surface area contributed by atoms with Gasteiger partial charge in [0.05, 0.1) is 11.5 Å². The molecule has 0 unspecified atom stereocenters. The van der Waals surface area contributed by atoms with Crippen molar-refractivity contribution in [3.05, 3.63) is 41.7 Å². The SMILES string of the molecule is CCCCCCCCC/C=C1/SC(=O)N(CCCCOc2cccn3ccnc23)C1=O.Cl. The molecular formula is C24H34ClN3O3S. The van der Waals surface area contributed by atoms with E-state index in [1.807, 2.05) is 35.0 Å². The molecule has 1 fully saturated rings. The molecule has 2 aromatic rings. The number of nitrogens with zero attached hydrogens (tertiary/aromatic N) is 3. The maximum absolute atomic E-state index is 12.5. The molecule has 1 aliphatic heterocycles. The van der Waals surface area contributed by atoms with Gasteiger partial charge in [-0.05, 0) is 49.6 Å². The summed E-state index contributed by atoms with van der Waals surface area (Å²) in [7, 11) is 0. The van der Waals surface area contributed by atoms with Crippen LogP contribution in [0.4, 0.5) is 4.79 Å². The van der Waals surface area contributed by atoms with Crippen LogP contribution in [0.1, 0.15) is 71.1 Å². The Kier molecular flexibility index (Phi) is 11.7. The molecule has 3 heterocycles. The van der Waals surface area contributed by atoms with Crippen LogP contribution in [0.15, 0.2) is 41.7 Å². The fourth-order valence-electron chi connectivity index (χ4n) is 3.65. The Balaban J connectivity index is 0.00000363. The van der Waals surface area contributed by atoms with Gasteiger partial charge in [0.15, 0.2) is 11.4 Å².